The van der Waals surface area contributed by atoms with E-state index in [0.717, 1.165) is 25.7 Å². The lowest BCUT2D eigenvalue weighted by molar-refractivity contribution is -0.152. The number of ketones is 1. The minimum absolute atomic E-state index is 0.00327. The average Bonchev–Trinajstić information content (AvgIpc) is 3.03. The van der Waals surface area contributed by atoms with E-state index in [1.54, 1.807) is 0 Å². The lowest BCUT2D eigenvalue weighted by atomic mass is 9.44. The van der Waals surface area contributed by atoms with Gasteiger partial charge in [0.25, 0.3) is 0 Å². The maximum Gasteiger partial charge on any atom is 0.331 e. The number of aliphatic hydroxyl groups excluding tert-OH is 1. The molecule has 0 aromatic heterocycles. The van der Waals surface area contributed by atoms with Gasteiger partial charge in [0.15, 0.2) is 5.78 Å². The summed E-state index contributed by atoms with van der Waals surface area (Å²) >= 11 is 0. The Labute approximate surface area is 227 Å². The Hall–Kier alpha value is -2.21. The molecule has 8 unspecified atom stereocenters. The zero-order chi connectivity index (χ0) is 28.4. The average molecular weight is 527 g/mol. The Kier molecular flexibility index (Phi) is 7.17. The van der Waals surface area contributed by atoms with Crippen LogP contribution in [0.3, 0.4) is 0 Å². The minimum atomic E-state index is -1.08. The van der Waals surface area contributed by atoms with Gasteiger partial charge in [0.05, 0.1) is 6.10 Å². The number of carbonyl (C=O) groups is 3. The van der Waals surface area contributed by atoms with Gasteiger partial charge in [-0.15, -0.1) is 0 Å². The molecule has 2 fully saturated rings. The second-order valence-corrected chi connectivity index (χ2v) is 13.9. The van der Waals surface area contributed by atoms with Crippen molar-refractivity contribution >= 4 is 17.7 Å². The number of carboxylic acids is 1. The second-order valence-electron chi connectivity index (χ2n) is 13.9. The van der Waals surface area contributed by atoms with Crippen LogP contribution in [0, 0.1) is 39.4 Å². The first-order valence-electron chi connectivity index (χ1n) is 14.2. The van der Waals surface area contributed by atoms with Gasteiger partial charge in [-0.05, 0) is 90.2 Å². The van der Waals surface area contributed by atoms with E-state index in [-0.39, 0.29) is 64.0 Å². The molecule has 6 nitrogen and oxygen atoms in total. The fourth-order valence-corrected chi connectivity index (χ4v) is 9.10. The van der Waals surface area contributed by atoms with E-state index in [9.17, 15) is 24.6 Å². The van der Waals surface area contributed by atoms with Crippen LogP contribution in [-0.4, -0.2) is 40.1 Å². The van der Waals surface area contributed by atoms with Crippen molar-refractivity contribution in [2.45, 2.75) is 106 Å². The fourth-order valence-electron chi connectivity index (χ4n) is 9.10. The molecule has 2 N–H and O–H groups in total. The maximum atomic E-state index is 12.8. The third kappa shape index (κ3) is 4.13. The van der Waals surface area contributed by atoms with Crippen molar-refractivity contribution in [3.8, 4) is 0 Å². The van der Waals surface area contributed by atoms with E-state index in [0.29, 0.717) is 12.3 Å². The molecule has 0 aromatic rings. The molecule has 8 atom stereocenters. The first-order valence-corrected chi connectivity index (χ1v) is 14.2. The summed E-state index contributed by atoms with van der Waals surface area (Å²) in [5, 5.41) is 20.0. The molecule has 0 radical (unpaired) electrons. The Bertz CT molecular complexity index is 1130. The van der Waals surface area contributed by atoms with Crippen LogP contribution in [0.25, 0.3) is 0 Å². The summed E-state index contributed by atoms with van der Waals surface area (Å²) < 4.78 is 6.08. The molecule has 0 aliphatic heterocycles. The molecule has 210 valence electrons. The summed E-state index contributed by atoms with van der Waals surface area (Å²) in [4.78, 5) is 36.3. The zero-order valence-electron chi connectivity index (χ0n) is 24.4. The molecule has 2 saturated carbocycles. The quantitative estimate of drug-likeness (QED) is 0.323. The predicted molar refractivity (Wildman–Crippen MR) is 146 cm³/mol. The van der Waals surface area contributed by atoms with Crippen molar-refractivity contribution in [1.82, 2.24) is 0 Å². The molecule has 4 rings (SSSR count). The molecule has 0 heterocycles. The molecule has 0 saturated heterocycles. The topological polar surface area (TPSA) is 101 Å². The summed E-state index contributed by atoms with van der Waals surface area (Å²) in [7, 11) is 0. The minimum Gasteiger partial charge on any atom is -0.478 e. The zero-order valence-corrected chi connectivity index (χ0v) is 24.4. The molecular weight excluding hydrogens is 480 g/mol. The van der Waals surface area contributed by atoms with Crippen LogP contribution in [-0.2, 0) is 19.1 Å². The van der Waals surface area contributed by atoms with Gasteiger partial charge in [-0.3, -0.25) is 9.59 Å². The molecule has 4 aliphatic rings. The highest BCUT2D eigenvalue weighted by molar-refractivity contribution is 5.98. The van der Waals surface area contributed by atoms with Crippen LogP contribution >= 0.6 is 0 Å². The van der Waals surface area contributed by atoms with Crippen LogP contribution in [0.4, 0.5) is 0 Å². The van der Waals surface area contributed by atoms with Gasteiger partial charge < -0.3 is 14.9 Å². The molecule has 0 aromatic carbocycles. The van der Waals surface area contributed by atoms with Crippen LogP contribution < -0.4 is 0 Å². The Morgan fingerprint density at radius 1 is 1.11 bits per heavy atom. The van der Waals surface area contributed by atoms with E-state index in [1.165, 1.54) is 31.1 Å². The molecule has 0 bridgehead atoms. The van der Waals surface area contributed by atoms with Crippen molar-refractivity contribution in [3.05, 3.63) is 34.9 Å². The predicted octanol–water partition coefficient (Wildman–Crippen LogP) is 6.04. The van der Waals surface area contributed by atoms with Gasteiger partial charge in [-0.2, -0.15) is 0 Å². The summed E-state index contributed by atoms with van der Waals surface area (Å²) in [5.74, 6) is -1.11. The highest BCUT2D eigenvalue weighted by Crippen LogP contribution is 2.72. The van der Waals surface area contributed by atoms with Crippen LogP contribution in [0.1, 0.15) is 93.9 Å². The Balaban J connectivity index is 1.75. The van der Waals surface area contributed by atoms with Gasteiger partial charge in [0.2, 0.25) is 0 Å². The summed E-state index contributed by atoms with van der Waals surface area (Å²) in [6, 6.07) is 0. The largest absolute Gasteiger partial charge is 0.478 e. The highest BCUT2D eigenvalue weighted by atomic mass is 16.5. The number of esters is 1. The van der Waals surface area contributed by atoms with Gasteiger partial charge >= 0.3 is 11.9 Å². The summed E-state index contributed by atoms with van der Waals surface area (Å²) in [5.41, 5.74) is 1.79. The number of allylic oxidation sites excluding steroid dienone is 4. The lowest BCUT2D eigenvalue weighted by Gasteiger charge is -2.61. The van der Waals surface area contributed by atoms with Gasteiger partial charge in [0.1, 0.15) is 6.10 Å². The molecule has 6 heteroatoms. The fraction of sp³-hybridized carbons (Fsp3) is 0.719. The first-order chi connectivity index (χ1) is 17.5. The number of fused-ring (bicyclic) bond motifs is 5. The number of aliphatic hydroxyl groups is 1. The van der Waals surface area contributed by atoms with E-state index < -0.39 is 11.4 Å². The second kappa shape index (κ2) is 9.46. The summed E-state index contributed by atoms with van der Waals surface area (Å²) in [6.45, 7) is 16.3. The van der Waals surface area contributed by atoms with Crippen LogP contribution in [0.15, 0.2) is 34.9 Å². The van der Waals surface area contributed by atoms with E-state index >= 15 is 0 Å². The van der Waals surface area contributed by atoms with Gasteiger partial charge in [-0.25, -0.2) is 4.79 Å². The number of carboxylic acid groups (broad SMARTS) is 1. The molecule has 0 spiro atoms. The van der Waals surface area contributed by atoms with E-state index in [2.05, 4.69) is 53.7 Å². The molecule has 4 aliphatic carbocycles. The summed E-state index contributed by atoms with van der Waals surface area (Å²) in [6.07, 6.45) is 9.74. The van der Waals surface area contributed by atoms with Crippen molar-refractivity contribution in [2.24, 2.45) is 39.4 Å². The van der Waals surface area contributed by atoms with Crippen molar-refractivity contribution < 1.29 is 29.3 Å². The monoisotopic (exact) mass is 526 g/mol. The molecular formula is C32H46O6. The maximum absolute atomic E-state index is 12.8. The SMILES string of the molecule is CC(=O)OC1CC(C(C)CC(=O)/C=C(/C)C(=O)O)C2(C)CC=C3C(=CCC4C3(C)CCC(O)C4(C)C)C12C. The highest BCUT2D eigenvalue weighted by Gasteiger charge is 2.67. The van der Waals surface area contributed by atoms with E-state index in [1.807, 2.05) is 0 Å². The van der Waals surface area contributed by atoms with Crippen molar-refractivity contribution in [2.75, 3.05) is 0 Å². The van der Waals surface area contributed by atoms with Gasteiger partial charge in [-0.1, -0.05) is 53.7 Å². The van der Waals surface area contributed by atoms with Crippen molar-refractivity contribution in [3.63, 3.8) is 0 Å². The number of carbonyl (C=O) groups excluding carboxylic acids is 2. The van der Waals surface area contributed by atoms with Crippen LogP contribution in [0.2, 0.25) is 0 Å². The number of ether oxygens (including phenoxy) is 1. The van der Waals surface area contributed by atoms with Gasteiger partial charge in [0, 0.05) is 24.3 Å². The number of hydrogen-bond donors (Lipinski definition) is 2. The molecule has 0 amide bonds. The smallest absolute Gasteiger partial charge is 0.331 e. The van der Waals surface area contributed by atoms with E-state index in [4.69, 9.17) is 4.74 Å². The molecule has 38 heavy (non-hydrogen) atoms. The normalized spacial score (nSPS) is 40.6. The van der Waals surface area contributed by atoms with Crippen molar-refractivity contribution in [1.29, 1.82) is 0 Å². The third-order valence-electron chi connectivity index (χ3n) is 11.6. The Morgan fingerprint density at radius 3 is 2.37 bits per heavy atom. The number of rotatable bonds is 6. The standard InChI is InChI=1S/C32H46O6/c1-18(15-21(34)16-19(2)28(36)37)24-17-27(38-20(3)33)32(8)23-9-10-25-29(4,5)26(35)12-13-30(25,6)22(23)11-14-31(24,32)7/h9,11,16,18,24-27,35H,10,12-15,17H2,1-8H3,(H,36,37)/b19-16-. The third-order valence-corrected chi connectivity index (χ3v) is 11.6. The number of aliphatic carboxylic acids is 1. The Morgan fingerprint density at radius 2 is 1.76 bits per heavy atom. The van der Waals surface area contributed by atoms with Crippen LogP contribution in [0.5, 0.6) is 0 Å². The number of hydrogen-bond acceptors (Lipinski definition) is 5. The first kappa shape index (κ1) is 28.8. The lowest BCUT2D eigenvalue weighted by Crippen LogP contribution is -2.56.